The van der Waals surface area contributed by atoms with Crippen molar-refractivity contribution < 1.29 is 9.21 Å². The van der Waals surface area contributed by atoms with Crippen LogP contribution in [0.2, 0.25) is 5.02 Å². The van der Waals surface area contributed by atoms with Crippen molar-refractivity contribution in [2.75, 3.05) is 5.75 Å². The van der Waals surface area contributed by atoms with Gasteiger partial charge < -0.3 is 9.32 Å². The van der Waals surface area contributed by atoms with Gasteiger partial charge in [0, 0.05) is 22.7 Å². The molecule has 0 spiro atoms. The Morgan fingerprint density at radius 1 is 1.04 bits per heavy atom. The van der Waals surface area contributed by atoms with Crippen LogP contribution in [-0.4, -0.2) is 38.8 Å². The molecule has 1 aromatic heterocycles. The summed E-state index contributed by atoms with van der Waals surface area (Å²) in [7, 11) is 0. The molecule has 1 aromatic carbocycles. The molecule has 2 aromatic rings. The molecule has 144 valence electrons. The third-order valence-corrected chi connectivity index (χ3v) is 6.60. The van der Waals surface area contributed by atoms with E-state index in [1.807, 2.05) is 12.1 Å². The van der Waals surface area contributed by atoms with Crippen LogP contribution in [0, 0.1) is 0 Å². The molecule has 2 aliphatic carbocycles. The zero-order valence-electron chi connectivity index (χ0n) is 15.3. The summed E-state index contributed by atoms with van der Waals surface area (Å²) >= 11 is 7.25. The van der Waals surface area contributed by atoms with E-state index in [-0.39, 0.29) is 5.91 Å². The molecule has 2 saturated carbocycles. The summed E-state index contributed by atoms with van der Waals surface area (Å²) in [5, 5.41) is 9.27. The first kappa shape index (κ1) is 18.8. The molecule has 2 fully saturated rings. The Morgan fingerprint density at radius 3 is 2.22 bits per heavy atom. The van der Waals surface area contributed by atoms with Crippen molar-refractivity contribution in [1.29, 1.82) is 0 Å². The second kappa shape index (κ2) is 8.65. The monoisotopic (exact) mass is 405 g/mol. The minimum atomic E-state index is 0.213. The van der Waals surface area contributed by atoms with Crippen molar-refractivity contribution in [3.63, 3.8) is 0 Å². The Hall–Kier alpha value is -1.53. The van der Waals surface area contributed by atoms with E-state index < -0.39 is 0 Å². The van der Waals surface area contributed by atoms with Crippen LogP contribution in [0.5, 0.6) is 0 Å². The molecule has 0 radical (unpaired) electrons. The number of carbonyl (C=O) groups is 1. The summed E-state index contributed by atoms with van der Waals surface area (Å²) in [6.45, 7) is 0. The van der Waals surface area contributed by atoms with E-state index in [0.29, 0.717) is 34.0 Å². The average molecular weight is 406 g/mol. The van der Waals surface area contributed by atoms with Gasteiger partial charge in [-0.25, -0.2) is 0 Å². The van der Waals surface area contributed by atoms with Crippen LogP contribution in [0.1, 0.15) is 51.4 Å². The highest BCUT2D eigenvalue weighted by Gasteiger charge is 2.34. The number of aromatic nitrogens is 2. The lowest BCUT2D eigenvalue weighted by atomic mass is 10.1. The highest BCUT2D eigenvalue weighted by Crippen LogP contribution is 2.33. The highest BCUT2D eigenvalue weighted by molar-refractivity contribution is 7.99. The van der Waals surface area contributed by atoms with Gasteiger partial charge in [-0.05, 0) is 49.9 Å². The fourth-order valence-corrected chi connectivity index (χ4v) is 5.00. The van der Waals surface area contributed by atoms with E-state index in [4.69, 9.17) is 16.0 Å². The molecule has 0 N–H and O–H groups in total. The summed E-state index contributed by atoms with van der Waals surface area (Å²) in [4.78, 5) is 15.2. The van der Waals surface area contributed by atoms with Gasteiger partial charge in [0.1, 0.15) is 0 Å². The Labute approximate surface area is 168 Å². The first-order valence-electron chi connectivity index (χ1n) is 9.74. The van der Waals surface area contributed by atoms with Crippen LogP contribution >= 0.6 is 23.4 Å². The Bertz CT molecular complexity index is 752. The van der Waals surface area contributed by atoms with Crippen molar-refractivity contribution in [1.82, 2.24) is 15.1 Å². The summed E-state index contributed by atoms with van der Waals surface area (Å²) in [6.07, 6.45) is 9.54. The van der Waals surface area contributed by atoms with Crippen LogP contribution in [0.3, 0.4) is 0 Å². The van der Waals surface area contributed by atoms with Crippen molar-refractivity contribution >= 4 is 29.3 Å². The second-order valence-corrected chi connectivity index (χ2v) is 8.71. The molecule has 7 heteroatoms. The lowest BCUT2D eigenvalue weighted by molar-refractivity contribution is -0.133. The Balaban J connectivity index is 1.39. The van der Waals surface area contributed by atoms with Crippen LogP contribution < -0.4 is 0 Å². The fraction of sp³-hybridized carbons (Fsp3) is 0.550. The standard InChI is InChI=1S/C20H24ClN3O2S/c21-15-11-9-14(10-12-15)19-22-23-20(26-19)27-13-18(25)24(16-5-1-2-6-16)17-7-3-4-8-17/h9-12,16-17H,1-8,13H2. The van der Waals surface area contributed by atoms with E-state index >= 15 is 0 Å². The molecule has 0 saturated heterocycles. The first-order valence-corrected chi connectivity index (χ1v) is 11.1. The molecular formula is C20H24ClN3O2S. The molecule has 27 heavy (non-hydrogen) atoms. The number of hydrogen-bond donors (Lipinski definition) is 0. The lowest BCUT2D eigenvalue weighted by Gasteiger charge is -2.34. The molecule has 5 nitrogen and oxygen atoms in total. The fourth-order valence-electron chi connectivity index (χ4n) is 4.25. The summed E-state index contributed by atoms with van der Waals surface area (Å²) < 4.78 is 5.72. The molecule has 0 bridgehead atoms. The van der Waals surface area contributed by atoms with Crippen LogP contribution in [0.4, 0.5) is 0 Å². The van der Waals surface area contributed by atoms with Crippen molar-refractivity contribution in [2.45, 2.75) is 68.7 Å². The largest absolute Gasteiger partial charge is 0.411 e. The number of carbonyl (C=O) groups excluding carboxylic acids is 1. The molecule has 1 heterocycles. The molecule has 1 amide bonds. The van der Waals surface area contributed by atoms with E-state index in [1.54, 1.807) is 12.1 Å². The van der Waals surface area contributed by atoms with E-state index in [1.165, 1.54) is 37.4 Å². The number of halogens is 1. The quantitative estimate of drug-likeness (QED) is 0.618. The normalized spacial score (nSPS) is 18.3. The number of amides is 1. The molecular weight excluding hydrogens is 382 g/mol. The van der Waals surface area contributed by atoms with Crippen molar-refractivity contribution in [3.8, 4) is 11.5 Å². The number of benzene rings is 1. The maximum atomic E-state index is 13.0. The van der Waals surface area contributed by atoms with Crippen LogP contribution in [0.25, 0.3) is 11.5 Å². The third-order valence-electron chi connectivity index (χ3n) is 5.54. The smallest absolute Gasteiger partial charge is 0.277 e. The summed E-state index contributed by atoms with van der Waals surface area (Å²) in [6, 6.07) is 8.12. The number of nitrogens with zero attached hydrogens (tertiary/aromatic N) is 3. The third kappa shape index (κ3) is 4.49. The molecule has 0 unspecified atom stereocenters. The predicted molar refractivity (Wildman–Crippen MR) is 107 cm³/mol. The first-order chi connectivity index (χ1) is 13.2. The van der Waals surface area contributed by atoms with Gasteiger partial charge in [0.15, 0.2) is 0 Å². The van der Waals surface area contributed by atoms with Crippen LogP contribution in [-0.2, 0) is 4.79 Å². The zero-order chi connectivity index (χ0) is 18.6. The van der Waals surface area contributed by atoms with Gasteiger partial charge >= 0.3 is 0 Å². The summed E-state index contributed by atoms with van der Waals surface area (Å²) in [5.41, 5.74) is 0.823. The highest BCUT2D eigenvalue weighted by atomic mass is 35.5. The lowest BCUT2D eigenvalue weighted by Crippen LogP contribution is -2.46. The van der Waals surface area contributed by atoms with Crippen molar-refractivity contribution in [3.05, 3.63) is 29.3 Å². The minimum Gasteiger partial charge on any atom is -0.411 e. The van der Waals surface area contributed by atoms with E-state index in [0.717, 1.165) is 31.2 Å². The molecule has 0 aliphatic heterocycles. The molecule has 4 rings (SSSR count). The van der Waals surface area contributed by atoms with Crippen molar-refractivity contribution in [2.24, 2.45) is 0 Å². The Kier molecular flexibility index (Phi) is 6.03. The van der Waals surface area contributed by atoms with Gasteiger partial charge in [0.05, 0.1) is 5.75 Å². The number of rotatable bonds is 6. The van der Waals surface area contributed by atoms with Gasteiger partial charge in [-0.1, -0.05) is 49.0 Å². The SMILES string of the molecule is O=C(CSc1nnc(-c2ccc(Cl)cc2)o1)N(C1CCCC1)C1CCCC1. The van der Waals surface area contributed by atoms with Gasteiger partial charge in [0.2, 0.25) is 11.8 Å². The number of hydrogen-bond acceptors (Lipinski definition) is 5. The van der Waals surface area contributed by atoms with Gasteiger partial charge in [-0.2, -0.15) is 0 Å². The van der Waals surface area contributed by atoms with Gasteiger partial charge in [0.25, 0.3) is 5.22 Å². The maximum Gasteiger partial charge on any atom is 0.277 e. The van der Waals surface area contributed by atoms with Gasteiger partial charge in [-0.3, -0.25) is 4.79 Å². The number of thioether (sulfide) groups is 1. The predicted octanol–water partition coefficient (Wildman–Crippen LogP) is 5.20. The van der Waals surface area contributed by atoms with Gasteiger partial charge in [-0.15, -0.1) is 10.2 Å². The Morgan fingerprint density at radius 2 is 1.63 bits per heavy atom. The summed E-state index contributed by atoms with van der Waals surface area (Å²) in [5.74, 6) is 1.02. The second-order valence-electron chi connectivity index (χ2n) is 7.35. The van der Waals surface area contributed by atoms with E-state index in [9.17, 15) is 4.79 Å². The van der Waals surface area contributed by atoms with Crippen LogP contribution in [0.15, 0.2) is 33.9 Å². The molecule has 0 atom stereocenters. The zero-order valence-corrected chi connectivity index (χ0v) is 16.8. The van der Waals surface area contributed by atoms with E-state index in [2.05, 4.69) is 15.1 Å². The maximum absolute atomic E-state index is 13.0. The topological polar surface area (TPSA) is 59.2 Å². The minimum absolute atomic E-state index is 0.213. The average Bonchev–Trinajstić information content (AvgIpc) is 3.44. The molecule has 2 aliphatic rings.